The lowest BCUT2D eigenvalue weighted by atomic mass is 10.1. The van der Waals surface area contributed by atoms with Crippen LogP contribution in [0.1, 0.15) is 30.9 Å². The minimum Gasteiger partial charge on any atom is -0.396 e. The van der Waals surface area contributed by atoms with E-state index in [4.69, 9.17) is 28.3 Å². The lowest BCUT2D eigenvalue weighted by Gasteiger charge is -2.20. The van der Waals surface area contributed by atoms with Crippen LogP contribution < -0.4 is 5.32 Å². The van der Waals surface area contributed by atoms with Gasteiger partial charge in [0.2, 0.25) is 0 Å². The fraction of sp³-hybridized carbons (Fsp3) is 0.500. The van der Waals surface area contributed by atoms with Crippen LogP contribution in [0.4, 0.5) is 0 Å². The summed E-state index contributed by atoms with van der Waals surface area (Å²) in [4.78, 5) is 12.1. The van der Waals surface area contributed by atoms with Gasteiger partial charge in [0.1, 0.15) is 0 Å². The molecule has 2 rings (SSSR count). The van der Waals surface area contributed by atoms with E-state index < -0.39 is 12.0 Å². The minimum absolute atomic E-state index is 0.0144. The summed E-state index contributed by atoms with van der Waals surface area (Å²) in [6, 6.07) is 4.47. The molecule has 6 heteroatoms. The molecule has 0 bridgehead atoms. The molecule has 1 fully saturated rings. The number of amides is 1. The van der Waals surface area contributed by atoms with Crippen LogP contribution in [0.3, 0.4) is 0 Å². The first-order chi connectivity index (χ1) is 9.51. The van der Waals surface area contributed by atoms with Gasteiger partial charge in [0, 0.05) is 22.7 Å². The molecule has 1 saturated carbocycles. The second-order valence-corrected chi connectivity index (χ2v) is 5.94. The van der Waals surface area contributed by atoms with Crippen molar-refractivity contribution in [3.63, 3.8) is 0 Å². The van der Waals surface area contributed by atoms with Crippen LogP contribution in [0.15, 0.2) is 18.2 Å². The van der Waals surface area contributed by atoms with Crippen molar-refractivity contribution in [1.82, 2.24) is 5.32 Å². The molecule has 0 spiro atoms. The Morgan fingerprint density at radius 2 is 1.90 bits per heavy atom. The van der Waals surface area contributed by atoms with E-state index in [1.54, 1.807) is 0 Å². The van der Waals surface area contributed by atoms with Gasteiger partial charge in [-0.1, -0.05) is 23.2 Å². The summed E-state index contributed by atoms with van der Waals surface area (Å²) in [7, 11) is 0. The summed E-state index contributed by atoms with van der Waals surface area (Å²) in [6.45, 7) is 0.0144. The molecule has 0 aromatic heterocycles. The average molecular weight is 318 g/mol. The minimum atomic E-state index is -1.31. The molecule has 1 aromatic carbocycles. The highest BCUT2D eigenvalue weighted by atomic mass is 35.5. The second-order valence-electron chi connectivity index (χ2n) is 5.07. The monoisotopic (exact) mass is 317 g/mol. The molecule has 1 amide bonds. The van der Waals surface area contributed by atoms with E-state index in [9.17, 15) is 9.90 Å². The van der Waals surface area contributed by atoms with E-state index in [-0.39, 0.29) is 12.6 Å². The molecule has 1 aliphatic carbocycles. The van der Waals surface area contributed by atoms with E-state index >= 15 is 0 Å². The predicted octanol–water partition coefficient (Wildman–Crippen LogP) is 2.30. The van der Waals surface area contributed by atoms with Crippen molar-refractivity contribution in [3.05, 3.63) is 33.8 Å². The lowest BCUT2D eigenvalue weighted by Crippen LogP contribution is -2.40. The Kier molecular flexibility index (Phi) is 5.27. The van der Waals surface area contributed by atoms with Crippen LogP contribution in [0.2, 0.25) is 10.0 Å². The van der Waals surface area contributed by atoms with Crippen LogP contribution in [-0.4, -0.2) is 28.8 Å². The summed E-state index contributed by atoms with van der Waals surface area (Å²) in [5.41, 5.74) is 0.360. The van der Waals surface area contributed by atoms with Crippen molar-refractivity contribution in [2.24, 2.45) is 5.92 Å². The standard InChI is InChI=1S/C14H17Cl2NO3/c15-10-5-9(6-11(16)7-10)13(19)14(20)17-12(3-4-18)8-1-2-8/h5-8,12-13,18-19H,1-4H2,(H,17,20). The van der Waals surface area contributed by atoms with Crippen LogP contribution >= 0.6 is 23.2 Å². The quantitative estimate of drug-likeness (QED) is 0.754. The number of halogens is 2. The Labute approximate surface area is 127 Å². The molecular formula is C14H17Cl2NO3. The molecule has 1 aliphatic rings. The van der Waals surface area contributed by atoms with Crippen LogP contribution in [0.25, 0.3) is 0 Å². The van der Waals surface area contributed by atoms with Crippen molar-refractivity contribution in [3.8, 4) is 0 Å². The molecule has 0 radical (unpaired) electrons. The molecule has 0 aliphatic heterocycles. The summed E-state index contributed by atoms with van der Waals surface area (Å²) in [5.74, 6) is -0.0880. The van der Waals surface area contributed by atoms with Gasteiger partial charge in [0.25, 0.3) is 5.91 Å². The molecule has 20 heavy (non-hydrogen) atoms. The number of nitrogens with one attached hydrogen (secondary N) is 1. The van der Waals surface area contributed by atoms with Crippen molar-refractivity contribution >= 4 is 29.1 Å². The molecule has 2 atom stereocenters. The Balaban J connectivity index is 2.03. The topological polar surface area (TPSA) is 69.6 Å². The zero-order valence-electron chi connectivity index (χ0n) is 10.9. The highest BCUT2D eigenvalue weighted by Gasteiger charge is 2.33. The average Bonchev–Trinajstić information content (AvgIpc) is 3.20. The van der Waals surface area contributed by atoms with Gasteiger partial charge >= 0.3 is 0 Å². The van der Waals surface area contributed by atoms with E-state index in [0.717, 1.165) is 12.8 Å². The molecule has 4 nitrogen and oxygen atoms in total. The SMILES string of the molecule is O=C(NC(CCO)C1CC1)C(O)c1cc(Cl)cc(Cl)c1. The Hall–Kier alpha value is -0.810. The fourth-order valence-electron chi connectivity index (χ4n) is 2.21. The second kappa shape index (κ2) is 6.76. The van der Waals surface area contributed by atoms with Crippen LogP contribution in [0, 0.1) is 5.92 Å². The predicted molar refractivity (Wildman–Crippen MR) is 77.8 cm³/mol. The number of aliphatic hydroxyl groups excluding tert-OH is 2. The first-order valence-corrected chi connectivity index (χ1v) is 7.32. The van der Waals surface area contributed by atoms with Crippen LogP contribution in [-0.2, 0) is 4.79 Å². The third-order valence-corrected chi connectivity index (χ3v) is 3.84. The van der Waals surface area contributed by atoms with Crippen molar-refractivity contribution in [2.45, 2.75) is 31.4 Å². The summed E-state index contributed by atoms with van der Waals surface area (Å²) < 4.78 is 0. The van der Waals surface area contributed by atoms with Crippen molar-refractivity contribution < 1.29 is 15.0 Å². The smallest absolute Gasteiger partial charge is 0.253 e. The van der Waals surface area contributed by atoms with Crippen molar-refractivity contribution in [1.29, 1.82) is 0 Å². The highest BCUT2D eigenvalue weighted by molar-refractivity contribution is 6.34. The van der Waals surface area contributed by atoms with Gasteiger partial charge in [-0.05, 0) is 48.9 Å². The number of hydrogen-bond acceptors (Lipinski definition) is 3. The Bertz CT molecular complexity index is 471. The number of benzene rings is 1. The molecule has 2 unspecified atom stereocenters. The molecular weight excluding hydrogens is 301 g/mol. The number of hydrogen-bond donors (Lipinski definition) is 3. The van der Waals surface area contributed by atoms with Gasteiger partial charge in [0.15, 0.2) is 6.10 Å². The Morgan fingerprint density at radius 3 is 2.40 bits per heavy atom. The third kappa shape index (κ3) is 4.09. The van der Waals surface area contributed by atoms with Gasteiger partial charge < -0.3 is 15.5 Å². The first kappa shape index (κ1) is 15.6. The number of aliphatic hydroxyl groups is 2. The zero-order chi connectivity index (χ0) is 14.7. The van der Waals surface area contributed by atoms with E-state index in [2.05, 4.69) is 5.32 Å². The molecule has 3 N–H and O–H groups in total. The first-order valence-electron chi connectivity index (χ1n) is 6.56. The number of rotatable bonds is 6. The summed E-state index contributed by atoms with van der Waals surface area (Å²) in [6.07, 6.45) is 1.28. The Morgan fingerprint density at radius 1 is 1.30 bits per heavy atom. The van der Waals surface area contributed by atoms with Gasteiger partial charge in [0.05, 0.1) is 0 Å². The maximum absolute atomic E-state index is 12.1. The van der Waals surface area contributed by atoms with Crippen LogP contribution in [0.5, 0.6) is 0 Å². The number of carbonyl (C=O) groups excluding carboxylic acids is 1. The molecule has 110 valence electrons. The summed E-state index contributed by atoms with van der Waals surface area (Å²) >= 11 is 11.7. The van der Waals surface area contributed by atoms with Gasteiger partial charge in [-0.3, -0.25) is 4.79 Å². The lowest BCUT2D eigenvalue weighted by molar-refractivity contribution is -0.130. The molecule has 1 aromatic rings. The van der Waals surface area contributed by atoms with E-state index in [1.165, 1.54) is 18.2 Å². The van der Waals surface area contributed by atoms with E-state index in [1.807, 2.05) is 0 Å². The summed E-state index contributed by atoms with van der Waals surface area (Å²) in [5, 5.41) is 22.6. The normalized spacial score (nSPS) is 17.6. The third-order valence-electron chi connectivity index (χ3n) is 3.41. The maximum atomic E-state index is 12.1. The zero-order valence-corrected chi connectivity index (χ0v) is 12.4. The van der Waals surface area contributed by atoms with Gasteiger partial charge in [-0.15, -0.1) is 0 Å². The molecule has 0 saturated heterocycles. The number of carbonyl (C=O) groups is 1. The molecule has 0 heterocycles. The fourth-order valence-corrected chi connectivity index (χ4v) is 2.75. The van der Waals surface area contributed by atoms with Gasteiger partial charge in [-0.2, -0.15) is 0 Å². The largest absolute Gasteiger partial charge is 0.396 e. The maximum Gasteiger partial charge on any atom is 0.253 e. The van der Waals surface area contributed by atoms with E-state index in [0.29, 0.717) is 27.9 Å². The highest BCUT2D eigenvalue weighted by Crippen LogP contribution is 2.34. The van der Waals surface area contributed by atoms with Crippen molar-refractivity contribution in [2.75, 3.05) is 6.61 Å². The van der Waals surface area contributed by atoms with Gasteiger partial charge in [-0.25, -0.2) is 0 Å².